The third-order valence-electron chi connectivity index (χ3n) is 5.07. The molecule has 0 fully saturated rings. The first kappa shape index (κ1) is 53.6. The van der Waals surface area contributed by atoms with E-state index in [9.17, 15) is 20.2 Å². The van der Waals surface area contributed by atoms with Gasteiger partial charge in [0.1, 0.15) is 0 Å². The molecule has 0 unspecified atom stereocenters. The molecule has 280 valence electrons. The molecule has 0 atom stereocenters. The van der Waals surface area contributed by atoms with E-state index in [0.29, 0.717) is 12.0 Å². The highest BCUT2D eigenvalue weighted by atomic mass is 32.3. The molecule has 0 radical (unpaired) electrons. The highest BCUT2D eigenvalue weighted by Gasteiger charge is 2.18. The lowest BCUT2D eigenvalue weighted by molar-refractivity contribution is -0.742. The smallest absolute Gasteiger partial charge is 0.394 e. The predicted octanol–water partition coefficient (Wildman–Crippen LogP) is 7.17. The second-order valence-electron chi connectivity index (χ2n) is 9.02. The van der Waals surface area contributed by atoms with Gasteiger partial charge in [-0.05, 0) is 55.5 Å². The number of hydrogen-bond donors (Lipinski definition) is 6. The molecule has 0 aromatic heterocycles. The number of non-ortho nitro benzene ring substituents is 1. The average Bonchev–Trinajstić information content (AvgIpc) is 2.95. The third kappa shape index (κ3) is 34.2. The summed E-state index contributed by atoms with van der Waals surface area (Å²) in [6, 6.07) is 20.0. The summed E-state index contributed by atoms with van der Waals surface area (Å²) >= 11 is 0. The number of nitro benzene ring substituents is 2. The molecule has 0 aliphatic carbocycles. The molecule has 17 nitrogen and oxygen atoms in total. The van der Waals surface area contributed by atoms with Crippen molar-refractivity contribution >= 4 is 33.1 Å². The Morgan fingerprint density at radius 1 is 0.694 bits per heavy atom. The fraction of sp³-hybridized carbons (Fsp3) is 0.419. The summed E-state index contributed by atoms with van der Waals surface area (Å²) in [5.74, 6) is 0. The van der Waals surface area contributed by atoms with Gasteiger partial charge >= 0.3 is 10.4 Å². The maximum atomic E-state index is 10.7. The van der Waals surface area contributed by atoms with E-state index in [-0.39, 0.29) is 32.8 Å². The van der Waals surface area contributed by atoms with Crippen LogP contribution in [-0.4, -0.2) is 49.4 Å². The quantitative estimate of drug-likeness (QED) is 0.0582. The van der Waals surface area contributed by atoms with Crippen LogP contribution >= 0.6 is 0 Å². The molecule has 0 heterocycles. The molecular formula is C31H53N5O12S. The van der Waals surface area contributed by atoms with Crippen molar-refractivity contribution in [1.29, 1.82) is 0 Å². The molecule has 0 amide bonds. The maximum absolute atomic E-state index is 10.7. The van der Waals surface area contributed by atoms with Gasteiger partial charge in [0.25, 0.3) is 16.5 Å². The number of rotatable bonds is 8. The summed E-state index contributed by atoms with van der Waals surface area (Å²) in [7, 11) is -4.67. The first-order chi connectivity index (χ1) is 21.9. The van der Waals surface area contributed by atoms with E-state index in [4.69, 9.17) is 49.4 Å². The highest BCUT2D eigenvalue weighted by Crippen LogP contribution is 2.25. The van der Waals surface area contributed by atoms with Crippen LogP contribution in [0.2, 0.25) is 0 Å². The Hall–Kier alpha value is -4.91. The number of nitrogens with zero attached hydrogens (tertiary/aromatic N) is 3. The lowest BCUT2D eigenvalue weighted by Crippen LogP contribution is -1.97. The van der Waals surface area contributed by atoms with Crippen molar-refractivity contribution in [3.8, 4) is 0 Å². The average molecular weight is 720 g/mol. The number of aliphatic hydroxyl groups is 1. The number of aryl methyl sites for hydroxylation is 3. The second kappa shape index (κ2) is 31.7. The normalized spacial score (nSPS) is 9.04. The minimum absolute atomic E-state index is 0. The Kier molecular flexibility index (Phi) is 34.6. The molecule has 3 aromatic carbocycles. The van der Waals surface area contributed by atoms with Crippen molar-refractivity contribution in [3.63, 3.8) is 0 Å². The molecule has 0 aliphatic heterocycles. The zero-order chi connectivity index (χ0) is 37.0. The number of hydrogen-bond acceptors (Lipinski definition) is 11. The summed E-state index contributed by atoms with van der Waals surface area (Å²) in [5.41, 5.74) is 15.6. The van der Waals surface area contributed by atoms with Gasteiger partial charge in [-0.15, -0.1) is 10.1 Å². The van der Waals surface area contributed by atoms with Crippen LogP contribution in [0.1, 0.15) is 78.5 Å². The Morgan fingerprint density at radius 2 is 1.10 bits per heavy atom. The molecule has 49 heavy (non-hydrogen) atoms. The van der Waals surface area contributed by atoms with Crippen LogP contribution in [0.4, 0.5) is 22.7 Å². The highest BCUT2D eigenvalue weighted by molar-refractivity contribution is 7.79. The van der Waals surface area contributed by atoms with Crippen LogP contribution in [-0.2, 0) is 29.7 Å². The van der Waals surface area contributed by atoms with Gasteiger partial charge in [0.15, 0.2) is 0 Å². The molecule has 0 spiro atoms. The Labute approximate surface area is 288 Å². The van der Waals surface area contributed by atoms with Crippen molar-refractivity contribution in [1.82, 2.24) is 0 Å². The summed E-state index contributed by atoms with van der Waals surface area (Å²) in [6.07, 6.45) is 5.91. The molecule has 0 saturated carbocycles. The van der Waals surface area contributed by atoms with Crippen LogP contribution in [0, 0.1) is 30.3 Å². The van der Waals surface area contributed by atoms with Crippen LogP contribution in [0.15, 0.2) is 66.7 Å². The van der Waals surface area contributed by atoms with Crippen molar-refractivity contribution < 1.29 is 42.8 Å². The Morgan fingerprint density at radius 3 is 1.47 bits per heavy atom. The van der Waals surface area contributed by atoms with Gasteiger partial charge in [0, 0.05) is 29.6 Å². The van der Waals surface area contributed by atoms with E-state index in [1.54, 1.807) is 6.92 Å². The zero-order valence-corrected chi connectivity index (χ0v) is 27.6. The van der Waals surface area contributed by atoms with Gasteiger partial charge in [-0.25, -0.2) is 0 Å². The Balaban J connectivity index is -0.000000170. The number of nitrogen functional groups attached to an aromatic ring is 2. The molecule has 8 N–H and O–H groups in total. The van der Waals surface area contributed by atoms with Crippen LogP contribution < -0.4 is 11.5 Å². The minimum atomic E-state index is -4.67. The van der Waals surface area contributed by atoms with E-state index in [2.05, 4.69) is 44.2 Å². The van der Waals surface area contributed by atoms with E-state index < -0.39 is 25.3 Å². The predicted molar refractivity (Wildman–Crippen MR) is 193 cm³/mol. The van der Waals surface area contributed by atoms with Gasteiger partial charge in [0.05, 0.1) is 15.9 Å². The number of anilines is 2. The molecular weight excluding hydrogens is 666 g/mol. The minimum Gasteiger partial charge on any atom is -0.399 e. The van der Waals surface area contributed by atoms with Crippen LogP contribution in [0.3, 0.4) is 0 Å². The van der Waals surface area contributed by atoms with Gasteiger partial charge in [0.2, 0.25) is 0 Å². The van der Waals surface area contributed by atoms with Gasteiger partial charge < -0.3 is 21.8 Å². The van der Waals surface area contributed by atoms with E-state index in [1.165, 1.54) is 36.1 Å². The summed E-state index contributed by atoms with van der Waals surface area (Å²) in [5, 5.41) is 42.3. The second-order valence-corrected chi connectivity index (χ2v) is 9.92. The lowest BCUT2D eigenvalue weighted by Gasteiger charge is -2.03. The molecule has 18 heteroatoms. The fourth-order valence-corrected chi connectivity index (χ4v) is 3.36. The van der Waals surface area contributed by atoms with Crippen molar-refractivity contribution in [2.45, 2.75) is 81.1 Å². The molecule has 3 aromatic rings. The van der Waals surface area contributed by atoms with Gasteiger partial charge in [-0.3, -0.25) is 29.3 Å². The largest absolute Gasteiger partial charge is 0.399 e. The zero-order valence-electron chi connectivity index (χ0n) is 26.8. The van der Waals surface area contributed by atoms with Gasteiger partial charge in [-0.2, -0.15) is 8.42 Å². The molecule has 3 rings (SSSR count). The standard InChI is InChI=1S/C9H10N2O4.C9H14N2.C9H12.C2H6O.2CH4.HNO3.H2O4S/c1-2-3-7-4-5-8(10(12)13)6-9(7)11(14)15;1-2-3-7-4-5-8(10)6-9(7)11;1-2-6-9-7-4-3-5-8-9;1-2-3;;;2-1(3)4;1-5(2,3)4/h4-6H,2-3H2,1H3;4-6H,2-3,10-11H2,1H3;3-5,7-8H,2,6H2,1H3;3H,2H2,1H3;2*1H4;(H,2,3,4);(H2,1,2,3,4). The van der Waals surface area contributed by atoms with Crippen LogP contribution in [0.5, 0.6) is 0 Å². The van der Waals surface area contributed by atoms with E-state index in [1.807, 2.05) is 25.1 Å². The topological polar surface area (TPSA) is 297 Å². The van der Waals surface area contributed by atoms with Gasteiger partial charge in [-0.1, -0.05) is 91.3 Å². The first-order valence-corrected chi connectivity index (χ1v) is 15.5. The first-order valence-electron chi connectivity index (χ1n) is 14.1. The number of nitrogens with two attached hydrogens (primary N) is 2. The summed E-state index contributed by atoms with van der Waals surface area (Å²) in [4.78, 5) is 28.2. The monoisotopic (exact) mass is 719 g/mol. The van der Waals surface area contributed by atoms with Crippen LogP contribution in [0.25, 0.3) is 0 Å². The fourth-order valence-electron chi connectivity index (χ4n) is 3.36. The lowest BCUT2D eigenvalue weighted by atomic mass is 10.1. The molecule has 0 aliphatic rings. The van der Waals surface area contributed by atoms with E-state index >= 15 is 0 Å². The van der Waals surface area contributed by atoms with E-state index in [0.717, 1.165) is 36.7 Å². The number of aliphatic hydroxyl groups excluding tert-OH is 1. The van der Waals surface area contributed by atoms with Crippen molar-refractivity contribution in [3.05, 3.63) is 114 Å². The van der Waals surface area contributed by atoms with Crippen molar-refractivity contribution in [2.24, 2.45) is 0 Å². The maximum Gasteiger partial charge on any atom is 0.394 e. The Bertz CT molecular complexity index is 1420. The number of nitro groups is 2. The number of benzene rings is 3. The third-order valence-corrected chi connectivity index (χ3v) is 5.07. The molecule has 0 bridgehead atoms. The summed E-state index contributed by atoms with van der Waals surface area (Å²) < 4.78 is 31.6. The summed E-state index contributed by atoms with van der Waals surface area (Å²) in [6.45, 7) is 8.16. The molecule has 0 saturated heterocycles. The van der Waals surface area contributed by atoms with Crippen molar-refractivity contribution in [2.75, 3.05) is 18.1 Å². The SMILES string of the molecule is C.C.CCCc1ccc(N)cc1N.CCCc1ccc([N+](=O)[O-])cc1[N+](=O)[O-].CCCc1ccccc1.CCO.O=S(=O)(O)O.O=[N+]([O-])O.